The highest BCUT2D eigenvalue weighted by atomic mass is 16.6. The number of ether oxygens (including phenoxy) is 1. The topological polar surface area (TPSA) is 55.6 Å². The largest absolute Gasteiger partial charge is 0.444 e. The summed E-state index contributed by atoms with van der Waals surface area (Å²) in [7, 11) is 0. The quantitative estimate of drug-likeness (QED) is 0.865. The van der Waals surface area contributed by atoms with Crippen LogP contribution in [0.3, 0.4) is 0 Å². The van der Waals surface area contributed by atoms with Crippen LogP contribution < -0.4 is 5.73 Å². The van der Waals surface area contributed by atoms with Gasteiger partial charge in [-0.3, -0.25) is 0 Å². The minimum atomic E-state index is -0.467. The molecule has 2 N–H and O–H groups in total. The zero-order valence-corrected chi connectivity index (χ0v) is 14.3. The van der Waals surface area contributed by atoms with Crippen LogP contribution in [0.1, 0.15) is 49.8 Å². The number of hydrogen-bond acceptors (Lipinski definition) is 3. The summed E-state index contributed by atoms with van der Waals surface area (Å²) in [4.78, 5) is 13.9. The van der Waals surface area contributed by atoms with Gasteiger partial charge in [0.1, 0.15) is 5.60 Å². The predicted octanol–water partition coefficient (Wildman–Crippen LogP) is 3.36. The summed E-state index contributed by atoms with van der Waals surface area (Å²) in [5.74, 6) is 0.304. The molecule has 1 aromatic carbocycles. The van der Waals surface area contributed by atoms with E-state index in [1.54, 1.807) is 4.90 Å². The fourth-order valence-corrected chi connectivity index (χ4v) is 3.02. The highest BCUT2D eigenvalue weighted by molar-refractivity contribution is 5.68. The summed E-state index contributed by atoms with van der Waals surface area (Å²) in [6, 6.07) is 6.45. The van der Waals surface area contributed by atoms with Crippen LogP contribution in [0.5, 0.6) is 0 Å². The first-order valence-electron chi connectivity index (χ1n) is 7.98. The van der Waals surface area contributed by atoms with E-state index >= 15 is 0 Å². The van der Waals surface area contributed by atoms with Gasteiger partial charge in [0.2, 0.25) is 0 Å². The Hall–Kier alpha value is -1.55. The van der Waals surface area contributed by atoms with E-state index < -0.39 is 5.60 Å². The molecule has 1 amide bonds. The number of carbonyl (C=O) groups is 1. The summed E-state index contributed by atoms with van der Waals surface area (Å²) in [5.41, 5.74) is 9.75. The van der Waals surface area contributed by atoms with Crippen LogP contribution in [0, 0.1) is 13.8 Å². The van der Waals surface area contributed by atoms with Gasteiger partial charge in [-0.2, -0.15) is 0 Å². The van der Waals surface area contributed by atoms with Gasteiger partial charge in [0.25, 0.3) is 0 Å². The molecule has 1 aliphatic rings. The lowest BCUT2D eigenvalue weighted by atomic mass is 9.83. The molecule has 0 aromatic heterocycles. The van der Waals surface area contributed by atoms with Gasteiger partial charge in [-0.1, -0.05) is 23.8 Å². The molecule has 4 heteroatoms. The molecule has 122 valence electrons. The summed E-state index contributed by atoms with van der Waals surface area (Å²) in [6.45, 7) is 11.1. The van der Waals surface area contributed by atoms with Gasteiger partial charge in [0.15, 0.2) is 0 Å². The van der Waals surface area contributed by atoms with Crippen molar-refractivity contribution in [1.82, 2.24) is 4.90 Å². The average molecular weight is 304 g/mol. The first-order chi connectivity index (χ1) is 10.2. The molecule has 4 nitrogen and oxygen atoms in total. The molecular formula is C18H28N2O2. The Kier molecular flexibility index (Phi) is 4.81. The van der Waals surface area contributed by atoms with Crippen LogP contribution in [0.2, 0.25) is 0 Å². The van der Waals surface area contributed by atoms with Crippen LogP contribution in [0.4, 0.5) is 4.79 Å². The molecule has 1 heterocycles. The third-order valence-corrected chi connectivity index (χ3v) is 4.14. The summed E-state index contributed by atoms with van der Waals surface area (Å²) in [6.07, 6.45) is 0.618. The van der Waals surface area contributed by atoms with Crippen LogP contribution in [0.25, 0.3) is 0 Å². The average Bonchev–Trinajstić information content (AvgIpc) is 2.40. The van der Waals surface area contributed by atoms with E-state index in [2.05, 4.69) is 32.0 Å². The number of hydrogen-bond donors (Lipinski definition) is 1. The van der Waals surface area contributed by atoms with Crippen LogP contribution in [0.15, 0.2) is 18.2 Å². The van der Waals surface area contributed by atoms with Gasteiger partial charge in [0.05, 0.1) is 0 Å². The monoisotopic (exact) mass is 304 g/mol. The number of benzene rings is 1. The van der Waals surface area contributed by atoms with Crippen molar-refractivity contribution in [3.63, 3.8) is 0 Å². The number of nitrogens with two attached hydrogens (primary N) is 1. The Balaban J connectivity index is 2.07. The van der Waals surface area contributed by atoms with Crippen molar-refractivity contribution in [2.75, 3.05) is 13.1 Å². The Morgan fingerprint density at radius 3 is 2.59 bits per heavy atom. The molecule has 1 aliphatic heterocycles. The Morgan fingerprint density at radius 1 is 1.32 bits per heavy atom. The third-order valence-electron chi connectivity index (χ3n) is 4.14. The van der Waals surface area contributed by atoms with Crippen molar-refractivity contribution in [2.45, 2.75) is 58.6 Å². The molecule has 2 rings (SSSR count). The highest BCUT2D eigenvalue weighted by Crippen LogP contribution is 2.30. The second-order valence-electron chi connectivity index (χ2n) is 7.35. The zero-order valence-electron chi connectivity index (χ0n) is 14.3. The second kappa shape index (κ2) is 6.29. The van der Waals surface area contributed by atoms with Crippen LogP contribution >= 0.6 is 0 Å². The van der Waals surface area contributed by atoms with Crippen molar-refractivity contribution in [2.24, 2.45) is 5.73 Å². The number of aryl methyl sites for hydroxylation is 2. The first-order valence-corrected chi connectivity index (χ1v) is 7.98. The third kappa shape index (κ3) is 4.01. The van der Waals surface area contributed by atoms with E-state index in [4.69, 9.17) is 10.5 Å². The number of likely N-dealkylation sites (tertiary alicyclic amines) is 1. The highest BCUT2D eigenvalue weighted by Gasteiger charge is 2.32. The Morgan fingerprint density at radius 2 is 2.00 bits per heavy atom. The standard InChI is InChI=1S/C18H28N2O2/c1-12-6-7-13(2)15(10-12)14-8-9-20(11-16(14)19)17(21)22-18(3,4)5/h6-7,10,14,16H,8-9,11,19H2,1-5H3. The zero-order chi connectivity index (χ0) is 16.5. The minimum Gasteiger partial charge on any atom is -0.444 e. The summed E-state index contributed by atoms with van der Waals surface area (Å²) >= 11 is 0. The number of carbonyl (C=O) groups excluding carboxylic acids is 1. The van der Waals surface area contributed by atoms with Gasteiger partial charge in [-0.15, -0.1) is 0 Å². The van der Waals surface area contributed by atoms with E-state index in [-0.39, 0.29) is 12.1 Å². The van der Waals surface area contributed by atoms with E-state index in [1.165, 1.54) is 16.7 Å². The lowest BCUT2D eigenvalue weighted by Gasteiger charge is -2.38. The maximum atomic E-state index is 12.2. The number of rotatable bonds is 1. The minimum absolute atomic E-state index is 0.0539. The van der Waals surface area contributed by atoms with Crippen LogP contribution in [-0.2, 0) is 4.74 Å². The van der Waals surface area contributed by atoms with Crippen molar-refractivity contribution in [1.29, 1.82) is 0 Å². The molecule has 1 aromatic rings. The van der Waals surface area contributed by atoms with Gasteiger partial charge in [0, 0.05) is 25.0 Å². The SMILES string of the molecule is Cc1ccc(C)c(C2CCN(C(=O)OC(C)(C)C)CC2N)c1. The summed E-state index contributed by atoms with van der Waals surface area (Å²) < 4.78 is 5.44. The van der Waals surface area contributed by atoms with E-state index in [1.807, 2.05) is 20.8 Å². The molecule has 22 heavy (non-hydrogen) atoms. The predicted molar refractivity (Wildman–Crippen MR) is 89.1 cm³/mol. The molecule has 1 fully saturated rings. The Labute approximate surface area is 133 Å². The fourth-order valence-electron chi connectivity index (χ4n) is 3.02. The van der Waals surface area contributed by atoms with Crippen molar-refractivity contribution >= 4 is 6.09 Å². The van der Waals surface area contributed by atoms with Crippen molar-refractivity contribution in [3.05, 3.63) is 34.9 Å². The molecular weight excluding hydrogens is 276 g/mol. The second-order valence-corrected chi connectivity index (χ2v) is 7.35. The number of piperidine rings is 1. The lowest BCUT2D eigenvalue weighted by molar-refractivity contribution is 0.0186. The lowest BCUT2D eigenvalue weighted by Crippen LogP contribution is -2.50. The van der Waals surface area contributed by atoms with Gasteiger partial charge >= 0.3 is 6.09 Å². The molecule has 0 saturated carbocycles. The number of amides is 1. The Bertz CT molecular complexity index is 549. The van der Waals surface area contributed by atoms with Gasteiger partial charge < -0.3 is 15.4 Å². The maximum Gasteiger partial charge on any atom is 0.410 e. The normalized spacial score (nSPS) is 22.5. The van der Waals surface area contributed by atoms with Crippen LogP contribution in [-0.4, -0.2) is 35.7 Å². The molecule has 0 radical (unpaired) electrons. The molecule has 0 aliphatic carbocycles. The van der Waals surface area contributed by atoms with E-state index in [9.17, 15) is 4.79 Å². The molecule has 2 atom stereocenters. The van der Waals surface area contributed by atoms with Gasteiger partial charge in [-0.05, 0) is 52.2 Å². The number of nitrogens with zero attached hydrogens (tertiary/aromatic N) is 1. The maximum absolute atomic E-state index is 12.2. The first kappa shape index (κ1) is 16.8. The van der Waals surface area contributed by atoms with E-state index in [0.717, 1.165) is 6.42 Å². The van der Waals surface area contributed by atoms with Crippen molar-refractivity contribution in [3.8, 4) is 0 Å². The summed E-state index contributed by atoms with van der Waals surface area (Å²) in [5, 5.41) is 0. The molecule has 2 unspecified atom stereocenters. The molecule has 0 bridgehead atoms. The fraction of sp³-hybridized carbons (Fsp3) is 0.611. The van der Waals surface area contributed by atoms with Crippen molar-refractivity contribution < 1.29 is 9.53 Å². The van der Waals surface area contributed by atoms with E-state index in [0.29, 0.717) is 19.0 Å². The molecule has 1 saturated heterocycles. The van der Waals surface area contributed by atoms with Gasteiger partial charge in [-0.25, -0.2) is 4.79 Å². The molecule has 0 spiro atoms. The smallest absolute Gasteiger partial charge is 0.410 e.